The zero-order valence-corrected chi connectivity index (χ0v) is 18.2. The van der Waals surface area contributed by atoms with Gasteiger partial charge in [-0.2, -0.15) is 5.10 Å². The van der Waals surface area contributed by atoms with Gasteiger partial charge < -0.3 is 5.32 Å². The fourth-order valence-electron chi connectivity index (χ4n) is 3.45. The lowest BCUT2D eigenvalue weighted by Crippen LogP contribution is -2.42. The van der Waals surface area contributed by atoms with Gasteiger partial charge >= 0.3 is 0 Å². The van der Waals surface area contributed by atoms with Crippen LogP contribution in [0.5, 0.6) is 0 Å². The van der Waals surface area contributed by atoms with Gasteiger partial charge in [-0.3, -0.25) is 30.0 Å². The zero-order chi connectivity index (χ0) is 24.1. The van der Waals surface area contributed by atoms with Crippen molar-refractivity contribution in [2.45, 2.75) is 13.5 Å². The first kappa shape index (κ1) is 22.4. The van der Waals surface area contributed by atoms with Crippen LogP contribution in [-0.2, 0) is 11.3 Å². The molecule has 0 atom stereocenters. The summed E-state index contributed by atoms with van der Waals surface area (Å²) < 4.78 is 1.23. The van der Waals surface area contributed by atoms with E-state index in [0.717, 1.165) is 5.56 Å². The summed E-state index contributed by atoms with van der Waals surface area (Å²) in [4.78, 5) is 49.7. The Morgan fingerprint density at radius 3 is 2.24 bits per heavy atom. The average molecular weight is 455 g/mol. The van der Waals surface area contributed by atoms with Gasteiger partial charge in [0.1, 0.15) is 0 Å². The molecule has 3 aromatic carbocycles. The molecule has 0 fully saturated rings. The summed E-state index contributed by atoms with van der Waals surface area (Å²) in [5.41, 5.74) is 5.92. The Labute approximate surface area is 194 Å². The number of rotatable bonds is 5. The Balaban J connectivity index is 1.58. The predicted octanol–water partition coefficient (Wildman–Crippen LogP) is 2.48. The largest absolute Gasteiger partial charge is 0.326 e. The van der Waals surface area contributed by atoms with Gasteiger partial charge in [-0.05, 0) is 29.8 Å². The molecule has 1 heterocycles. The second kappa shape index (κ2) is 9.78. The smallest absolute Gasteiger partial charge is 0.290 e. The topological polar surface area (TPSA) is 122 Å². The first-order valence-electron chi connectivity index (χ1n) is 10.4. The second-order valence-corrected chi connectivity index (χ2v) is 7.51. The van der Waals surface area contributed by atoms with Crippen LogP contribution in [0.3, 0.4) is 0 Å². The quantitative estimate of drug-likeness (QED) is 0.399. The van der Waals surface area contributed by atoms with Crippen LogP contribution in [0.25, 0.3) is 10.8 Å². The Morgan fingerprint density at radius 2 is 1.50 bits per heavy atom. The third-order valence-electron chi connectivity index (χ3n) is 4.99. The molecule has 0 aliphatic heterocycles. The maximum atomic E-state index is 13.0. The molecule has 0 unspecified atom stereocenters. The molecule has 0 saturated carbocycles. The van der Waals surface area contributed by atoms with Crippen LogP contribution in [0.15, 0.2) is 83.7 Å². The van der Waals surface area contributed by atoms with Crippen molar-refractivity contribution in [2.24, 2.45) is 0 Å². The van der Waals surface area contributed by atoms with E-state index in [9.17, 15) is 19.2 Å². The number of hydrazine groups is 1. The van der Waals surface area contributed by atoms with Crippen molar-refractivity contribution in [1.82, 2.24) is 20.6 Å². The van der Waals surface area contributed by atoms with E-state index in [2.05, 4.69) is 21.3 Å². The van der Waals surface area contributed by atoms with Crippen molar-refractivity contribution in [3.63, 3.8) is 0 Å². The van der Waals surface area contributed by atoms with E-state index < -0.39 is 11.8 Å². The lowest BCUT2D eigenvalue weighted by molar-refractivity contribution is -0.114. The summed E-state index contributed by atoms with van der Waals surface area (Å²) in [7, 11) is 0. The van der Waals surface area contributed by atoms with Crippen molar-refractivity contribution in [3.8, 4) is 0 Å². The number of hydrogen-bond donors (Lipinski definition) is 3. The standard InChI is InChI=1S/C25H21N5O4/c1-16(31)26-19-11-7-10-18(14-19)23(32)27-28-24(33)22-20-12-5-6-13-21(20)25(34)30(29-22)15-17-8-3-2-4-9-17/h2-14H,15H2,1H3,(H,26,31)(H,27,32)(H,28,33). The molecule has 34 heavy (non-hydrogen) atoms. The maximum absolute atomic E-state index is 13.0. The molecule has 0 spiro atoms. The SMILES string of the molecule is CC(=O)Nc1cccc(C(=O)NNC(=O)c2nn(Cc3ccccc3)c(=O)c3ccccc23)c1. The van der Waals surface area contributed by atoms with Gasteiger partial charge in [0.15, 0.2) is 5.69 Å². The van der Waals surface area contributed by atoms with Crippen molar-refractivity contribution in [1.29, 1.82) is 0 Å². The van der Waals surface area contributed by atoms with Crippen molar-refractivity contribution in [3.05, 3.63) is 106 Å². The highest BCUT2D eigenvalue weighted by molar-refractivity contribution is 6.06. The summed E-state index contributed by atoms with van der Waals surface area (Å²) in [6, 6.07) is 22.2. The molecule has 4 aromatic rings. The van der Waals surface area contributed by atoms with Crippen LogP contribution in [0.4, 0.5) is 5.69 Å². The van der Waals surface area contributed by atoms with Gasteiger partial charge in [-0.25, -0.2) is 4.68 Å². The molecule has 0 aliphatic carbocycles. The number of anilines is 1. The van der Waals surface area contributed by atoms with Crippen LogP contribution >= 0.6 is 0 Å². The van der Waals surface area contributed by atoms with E-state index >= 15 is 0 Å². The van der Waals surface area contributed by atoms with Gasteiger partial charge in [0.25, 0.3) is 17.4 Å². The highest BCUT2D eigenvalue weighted by Gasteiger charge is 2.18. The van der Waals surface area contributed by atoms with Gasteiger partial charge in [-0.1, -0.05) is 54.6 Å². The van der Waals surface area contributed by atoms with E-state index in [1.165, 1.54) is 17.7 Å². The number of carbonyl (C=O) groups is 3. The highest BCUT2D eigenvalue weighted by atomic mass is 16.2. The molecule has 9 nitrogen and oxygen atoms in total. The number of fused-ring (bicyclic) bond motifs is 1. The molecule has 3 N–H and O–H groups in total. The molecule has 9 heteroatoms. The summed E-state index contributed by atoms with van der Waals surface area (Å²) in [6.45, 7) is 1.55. The number of nitrogens with one attached hydrogen (secondary N) is 3. The maximum Gasteiger partial charge on any atom is 0.290 e. The third-order valence-corrected chi connectivity index (χ3v) is 4.99. The van der Waals surface area contributed by atoms with E-state index in [0.29, 0.717) is 16.5 Å². The number of nitrogens with zero attached hydrogens (tertiary/aromatic N) is 2. The third kappa shape index (κ3) is 4.99. The van der Waals surface area contributed by atoms with Crippen molar-refractivity contribution in [2.75, 3.05) is 5.32 Å². The summed E-state index contributed by atoms with van der Waals surface area (Å²) in [5.74, 6) is -1.53. The van der Waals surface area contributed by atoms with Crippen LogP contribution in [0, 0.1) is 0 Å². The number of hydrogen-bond acceptors (Lipinski definition) is 5. The Kier molecular flexibility index (Phi) is 6.45. The number of benzene rings is 3. The molecule has 0 saturated heterocycles. The van der Waals surface area contributed by atoms with E-state index in [4.69, 9.17) is 0 Å². The molecule has 170 valence electrons. The molecule has 0 radical (unpaired) electrons. The molecule has 0 bridgehead atoms. The minimum absolute atomic E-state index is 0.00146. The first-order valence-corrected chi connectivity index (χ1v) is 10.4. The van der Waals surface area contributed by atoms with E-state index in [1.807, 2.05) is 30.3 Å². The molecular formula is C25H21N5O4. The van der Waals surface area contributed by atoms with Crippen molar-refractivity contribution < 1.29 is 14.4 Å². The highest BCUT2D eigenvalue weighted by Crippen LogP contribution is 2.14. The van der Waals surface area contributed by atoms with E-state index in [1.54, 1.807) is 42.5 Å². The molecule has 3 amide bonds. The van der Waals surface area contributed by atoms with Gasteiger partial charge in [-0.15, -0.1) is 0 Å². The summed E-state index contributed by atoms with van der Waals surface area (Å²) in [6.07, 6.45) is 0. The van der Waals surface area contributed by atoms with Crippen LogP contribution in [-0.4, -0.2) is 27.5 Å². The number of carbonyl (C=O) groups excluding carboxylic acids is 3. The minimum atomic E-state index is -0.677. The van der Waals surface area contributed by atoms with Crippen LogP contribution in [0.1, 0.15) is 33.3 Å². The number of aromatic nitrogens is 2. The normalized spacial score (nSPS) is 10.5. The van der Waals surface area contributed by atoms with Crippen LogP contribution in [0.2, 0.25) is 0 Å². The molecule has 1 aromatic heterocycles. The number of amides is 3. The monoisotopic (exact) mass is 455 g/mol. The van der Waals surface area contributed by atoms with Gasteiger partial charge in [0.05, 0.1) is 11.9 Å². The first-order chi connectivity index (χ1) is 16.4. The van der Waals surface area contributed by atoms with Gasteiger partial charge in [0, 0.05) is 23.6 Å². The van der Waals surface area contributed by atoms with E-state index in [-0.39, 0.29) is 29.3 Å². The average Bonchev–Trinajstić information content (AvgIpc) is 2.84. The Bertz CT molecular complexity index is 1450. The summed E-state index contributed by atoms with van der Waals surface area (Å²) in [5, 5.41) is 7.59. The second-order valence-electron chi connectivity index (χ2n) is 7.51. The lowest BCUT2D eigenvalue weighted by atomic mass is 10.1. The minimum Gasteiger partial charge on any atom is -0.326 e. The molecule has 4 rings (SSSR count). The molecule has 0 aliphatic rings. The fraction of sp³-hybridized carbons (Fsp3) is 0.0800. The Morgan fingerprint density at radius 1 is 0.824 bits per heavy atom. The Hall–Kier alpha value is -4.79. The van der Waals surface area contributed by atoms with Crippen LogP contribution < -0.4 is 21.7 Å². The molecular weight excluding hydrogens is 434 g/mol. The lowest BCUT2D eigenvalue weighted by Gasteiger charge is -2.12. The fourth-order valence-corrected chi connectivity index (χ4v) is 3.45. The van der Waals surface area contributed by atoms with Gasteiger partial charge in [0.2, 0.25) is 5.91 Å². The predicted molar refractivity (Wildman–Crippen MR) is 127 cm³/mol. The summed E-state index contributed by atoms with van der Waals surface area (Å²) >= 11 is 0. The zero-order valence-electron chi connectivity index (χ0n) is 18.2. The van der Waals surface area contributed by atoms with Crippen molar-refractivity contribution >= 4 is 34.2 Å².